The first-order valence-corrected chi connectivity index (χ1v) is 8.79. The van der Waals surface area contributed by atoms with Gasteiger partial charge in [-0.05, 0) is 39.8 Å². The maximum absolute atomic E-state index is 5.45. The molecule has 0 saturated carbocycles. The van der Waals surface area contributed by atoms with Crippen molar-refractivity contribution in [3.05, 3.63) is 29.6 Å². The van der Waals surface area contributed by atoms with E-state index in [1.807, 2.05) is 25.1 Å². The predicted octanol–water partition coefficient (Wildman–Crippen LogP) is 1.56. The summed E-state index contributed by atoms with van der Waals surface area (Å²) in [6.07, 6.45) is 0. The van der Waals surface area contributed by atoms with Gasteiger partial charge < -0.3 is 15.4 Å². The van der Waals surface area contributed by atoms with Crippen LogP contribution in [0.1, 0.15) is 32.2 Å². The Balaban J connectivity index is 1.93. The number of morpholine rings is 1. The van der Waals surface area contributed by atoms with Gasteiger partial charge in [-0.25, -0.2) is 4.99 Å². The predicted molar refractivity (Wildman–Crippen MR) is 98.3 cm³/mol. The van der Waals surface area contributed by atoms with Gasteiger partial charge in [0.05, 0.1) is 25.5 Å². The van der Waals surface area contributed by atoms with E-state index in [0.29, 0.717) is 6.54 Å². The molecule has 6 heteroatoms. The maximum Gasteiger partial charge on any atom is 0.191 e. The molecule has 0 aliphatic carbocycles. The Morgan fingerprint density at radius 2 is 2.04 bits per heavy atom. The van der Waals surface area contributed by atoms with Crippen LogP contribution in [0.15, 0.2) is 23.2 Å². The Kier molecular flexibility index (Phi) is 6.99. The number of aliphatic imine (C=N–C) groups is 1. The van der Waals surface area contributed by atoms with E-state index in [1.54, 1.807) is 0 Å². The third-order valence-corrected chi connectivity index (χ3v) is 4.24. The highest BCUT2D eigenvalue weighted by molar-refractivity contribution is 5.79. The summed E-state index contributed by atoms with van der Waals surface area (Å²) in [5, 5.41) is 6.78. The van der Waals surface area contributed by atoms with E-state index in [-0.39, 0.29) is 5.54 Å². The summed E-state index contributed by atoms with van der Waals surface area (Å²) in [6.45, 7) is 14.4. The van der Waals surface area contributed by atoms with E-state index in [0.717, 1.165) is 56.7 Å². The number of guanidine groups is 1. The number of nitrogens with one attached hydrogen (secondary N) is 2. The molecule has 134 valence electrons. The minimum atomic E-state index is 0.0571. The molecule has 1 aliphatic heterocycles. The van der Waals surface area contributed by atoms with Crippen LogP contribution >= 0.6 is 0 Å². The van der Waals surface area contributed by atoms with Crippen molar-refractivity contribution in [1.29, 1.82) is 0 Å². The van der Waals surface area contributed by atoms with Gasteiger partial charge in [-0.2, -0.15) is 0 Å². The topological polar surface area (TPSA) is 61.8 Å². The number of aromatic nitrogens is 1. The fourth-order valence-corrected chi connectivity index (χ4v) is 2.77. The summed E-state index contributed by atoms with van der Waals surface area (Å²) >= 11 is 0. The van der Waals surface area contributed by atoms with Crippen LogP contribution in [0.5, 0.6) is 0 Å². The number of pyridine rings is 1. The molecule has 0 bridgehead atoms. The van der Waals surface area contributed by atoms with Crippen molar-refractivity contribution in [2.24, 2.45) is 4.99 Å². The monoisotopic (exact) mass is 333 g/mol. The summed E-state index contributed by atoms with van der Waals surface area (Å²) in [5.41, 5.74) is 2.07. The molecule has 0 spiro atoms. The van der Waals surface area contributed by atoms with Gasteiger partial charge in [-0.3, -0.25) is 9.88 Å². The zero-order valence-corrected chi connectivity index (χ0v) is 15.4. The molecule has 1 aliphatic rings. The smallest absolute Gasteiger partial charge is 0.191 e. The summed E-state index contributed by atoms with van der Waals surface area (Å²) in [7, 11) is 0. The molecule has 0 aromatic carbocycles. The van der Waals surface area contributed by atoms with Crippen molar-refractivity contribution in [2.75, 3.05) is 39.4 Å². The molecule has 6 nitrogen and oxygen atoms in total. The Bertz CT molecular complexity index is 538. The van der Waals surface area contributed by atoms with Gasteiger partial charge in [-0.15, -0.1) is 0 Å². The molecule has 2 N–H and O–H groups in total. The quantitative estimate of drug-likeness (QED) is 0.611. The van der Waals surface area contributed by atoms with Gasteiger partial charge in [0.25, 0.3) is 0 Å². The van der Waals surface area contributed by atoms with Crippen LogP contribution < -0.4 is 10.6 Å². The Morgan fingerprint density at radius 1 is 1.29 bits per heavy atom. The van der Waals surface area contributed by atoms with Crippen molar-refractivity contribution in [3.63, 3.8) is 0 Å². The maximum atomic E-state index is 5.45. The minimum Gasteiger partial charge on any atom is -0.379 e. The van der Waals surface area contributed by atoms with Gasteiger partial charge >= 0.3 is 0 Å². The van der Waals surface area contributed by atoms with E-state index in [2.05, 4.69) is 46.3 Å². The highest BCUT2D eigenvalue weighted by Crippen LogP contribution is 2.15. The van der Waals surface area contributed by atoms with Crippen molar-refractivity contribution < 1.29 is 4.74 Å². The fourth-order valence-electron chi connectivity index (χ4n) is 2.77. The van der Waals surface area contributed by atoms with Crippen LogP contribution in [0, 0.1) is 6.92 Å². The Hall–Kier alpha value is -1.66. The van der Waals surface area contributed by atoms with Crippen molar-refractivity contribution >= 4 is 5.96 Å². The van der Waals surface area contributed by atoms with Crippen molar-refractivity contribution in [1.82, 2.24) is 20.5 Å². The molecule has 0 amide bonds. The van der Waals surface area contributed by atoms with E-state index in [9.17, 15) is 0 Å². The van der Waals surface area contributed by atoms with Gasteiger partial charge in [0.1, 0.15) is 0 Å². The van der Waals surface area contributed by atoms with E-state index in [1.165, 1.54) is 0 Å². The van der Waals surface area contributed by atoms with Crippen LogP contribution in [0.3, 0.4) is 0 Å². The van der Waals surface area contributed by atoms with Crippen LogP contribution in [0.25, 0.3) is 0 Å². The van der Waals surface area contributed by atoms with Gasteiger partial charge in [0, 0.05) is 37.4 Å². The molecule has 24 heavy (non-hydrogen) atoms. The summed E-state index contributed by atoms with van der Waals surface area (Å²) < 4.78 is 5.45. The molecule has 1 aromatic heterocycles. The highest BCUT2D eigenvalue weighted by atomic mass is 16.5. The molecular formula is C18H31N5O. The fraction of sp³-hybridized carbons (Fsp3) is 0.667. The van der Waals surface area contributed by atoms with Crippen LogP contribution in [0.4, 0.5) is 0 Å². The third kappa shape index (κ3) is 5.76. The number of ether oxygens (including phenoxy) is 1. The average Bonchev–Trinajstić information content (AvgIpc) is 2.58. The van der Waals surface area contributed by atoms with E-state index in [4.69, 9.17) is 4.74 Å². The lowest BCUT2D eigenvalue weighted by molar-refractivity contribution is -0.00834. The summed E-state index contributed by atoms with van der Waals surface area (Å²) in [4.78, 5) is 11.6. The zero-order valence-electron chi connectivity index (χ0n) is 15.4. The molecule has 0 unspecified atom stereocenters. The Labute approximate surface area is 145 Å². The van der Waals surface area contributed by atoms with E-state index < -0.39 is 0 Å². The lowest BCUT2D eigenvalue weighted by Crippen LogP contribution is -2.56. The standard InChI is InChI=1S/C18H31N5O/c1-5-19-17(20-13-16-8-6-7-15(2)22-16)21-14-18(3,4)23-9-11-24-12-10-23/h6-8H,5,9-14H2,1-4H3,(H2,19,20,21). The second kappa shape index (κ2) is 8.99. The number of hydrogen-bond acceptors (Lipinski definition) is 4. The number of hydrogen-bond donors (Lipinski definition) is 2. The molecular weight excluding hydrogens is 302 g/mol. The SMILES string of the molecule is CCNC(=NCc1cccc(C)n1)NCC(C)(C)N1CCOCC1. The minimum absolute atomic E-state index is 0.0571. The van der Waals surface area contributed by atoms with Crippen LogP contribution in [0.2, 0.25) is 0 Å². The van der Waals surface area contributed by atoms with Crippen molar-refractivity contribution in [2.45, 2.75) is 39.8 Å². The first kappa shape index (κ1) is 18.7. The molecule has 2 rings (SSSR count). The number of aryl methyl sites for hydroxylation is 1. The third-order valence-electron chi connectivity index (χ3n) is 4.24. The highest BCUT2D eigenvalue weighted by Gasteiger charge is 2.28. The summed E-state index contributed by atoms with van der Waals surface area (Å²) in [5.74, 6) is 0.835. The van der Waals surface area contributed by atoms with Crippen LogP contribution in [-0.4, -0.2) is 60.8 Å². The molecule has 0 radical (unpaired) electrons. The second-order valence-corrected chi connectivity index (χ2v) is 6.73. The number of rotatable bonds is 6. The van der Waals surface area contributed by atoms with Crippen LogP contribution in [-0.2, 0) is 11.3 Å². The molecule has 0 atom stereocenters. The molecule has 1 saturated heterocycles. The molecule has 1 aromatic rings. The largest absolute Gasteiger partial charge is 0.379 e. The van der Waals surface area contributed by atoms with Crippen molar-refractivity contribution in [3.8, 4) is 0 Å². The second-order valence-electron chi connectivity index (χ2n) is 6.73. The normalized spacial score (nSPS) is 16.9. The molecule has 1 fully saturated rings. The summed E-state index contributed by atoms with van der Waals surface area (Å²) in [6, 6.07) is 6.04. The van der Waals surface area contributed by atoms with Gasteiger partial charge in [-0.1, -0.05) is 6.07 Å². The first-order valence-electron chi connectivity index (χ1n) is 8.79. The van der Waals surface area contributed by atoms with Gasteiger partial charge in [0.2, 0.25) is 0 Å². The zero-order chi connectivity index (χ0) is 17.4. The van der Waals surface area contributed by atoms with Gasteiger partial charge in [0.15, 0.2) is 5.96 Å². The number of nitrogens with zero attached hydrogens (tertiary/aromatic N) is 3. The average molecular weight is 333 g/mol. The van der Waals surface area contributed by atoms with E-state index >= 15 is 0 Å². The first-order chi connectivity index (χ1) is 11.5. The Morgan fingerprint density at radius 3 is 2.71 bits per heavy atom. The lowest BCUT2D eigenvalue weighted by Gasteiger charge is -2.41. The molecule has 2 heterocycles. The lowest BCUT2D eigenvalue weighted by atomic mass is 10.0.